The first kappa shape index (κ1) is 16.6. The third-order valence-corrected chi connectivity index (χ3v) is 4.61. The first-order valence-corrected chi connectivity index (χ1v) is 8.58. The number of benzene rings is 2. The Labute approximate surface area is 143 Å². The molecule has 0 spiro atoms. The Hall–Kier alpha value is -2.23. The smallest absolute Gasteiger partial charge is 0.0758 e. The average Bonchev–Trinajstić information content (AvgIpc) is 2.66. The van der Waals surface area contributed by atoms with Crippen LogP contribution in [0.3, 0.4) is 0 Å². The largest absolute Gasteiger partial charge is 0.394 e. The van der Waals surface area contributed by atoms with E-state index in [-0.39, 0.29) is 12.6 Å². The molecule has 3 aromatic rings. The van der Waals surface area contributed by atoms with Crippen LogP contribution in [0.15, 0.2) is 60.7 Å². The Bertz CT molecular complexity index is 797. The maximum absolute atomic E-state index is 9.99. The zero-order valence-electron chi connectivity index (χ0n) is 14.3. The van der Waals surface area contributed by atoms with Gasteiger partial charge in [-0.1, -0.05) is 68.4 Å². The zero-order valence-corrected chi connectivity index (χ0v) is 14.3. The maximum Gasteiger partial charge on any atom is 0.0758 e. The molecule has 3 heteroatoms. The Morgan fingerprint density at radius 3 is 2.33 bits per heavy atom. The fraction of sp³-hybridized carbons (Fsp3) is 0.286. The minimum Gasteiger partial charge on any atom is -0.394 e. The summed E-state index contributed by atoms with van der Waals surface area (Å²) in [6, 6.07) is 20.6. The zero-order chi connectivity index (χ0) is 16.9. The number of hydrogen-bond donors (Lipinski definition) is 1. The van der Waals surface area contributed by atoms with Gasteiger partial charge >= 0.3 is 0 Å². The molecule has 0 saturated heterocycles. The van der Waals surface area contributed by atoms with Crippen molar-refractivity contribution < 1.29 is 5.11 Å². The summed E-state index contributed by atoms with van der Waals surface area (Å²) in [5.74, 6) is 0. The monoisotopic (exact) mass is 320 g/mol. The number of aromatic nitrogens is 1. The van der Waals surface area contributed by atoms with Crippen LogP contribution >= 0.6 is 0 Å². The lowest BCUT2D eigenvalue weighted by Crippen LogP contribution is -2.31. The molecule has 1 heterocycles. The Balaban J connectivity index is 2.14. The lowest BCUT2D eigenvalue weighted by Gasteiger charge is -2.29. The number of para-hydroxylation sites is 1. The summed E-state index contributed by atoms with van der Waals surface area (Å²) in [6.45, 7) is 6.14. The molecule has 0 aliphatic carbocycles. The van der Waals surface area contributed by atoms with Crippen LogP contribution in [0.2, 0.25) is 0 Å². The number of aliphatic hydroxyl groups excluding tert-OH is 1. The Morgan fingerprint density at radius 2 is 1.67 bits per heavy atom. The van der Waals surface area contributed by atoms with Crippen molar-refractivity contribution >= 4 is 10.9 Å². The van der Waals surface area contributed by atoms with Crippen LogP contribution in [0.4, 0.5) is 0 Å². The second-order valence-corrected chi connectivity index (χ2v) is 5.90. The van der Waals surface area contributed by atoms with Crippen molar-refractivity contribution in [1.29, 1.82) is 0 Å². The molecule has 0 amide bonds. The average molecular weight is 320 g/mol. The lowest BCUT2D eigenvalue weighted by atomic mass is 10.0. The number of likely N-dealkylation sites (N-methyl/N-ethyl adjacent to an activating group) is 1. The summed E-state index contributed by atoms with van der Waals surface area (Å²) >= 11 is 0. The maximum atomic E-state index is 9.99. The van der Waals surface area contributed by atoms with E-state index < -0.39 is 0 Å². The molecule has 2 aromatic carbocycles. The molecule has 3 rings (SSSR count). The summed E-state index contributed by atoms with van der Waals surface area (Å²) in [4.78, 5) is 7.20. The van der Waals surface area contributed by atoms with Crippen LogP contribution in [0.1, 0.15) is 25.5 Å². The van der Waals surface area contributed by atoms with Gasteiger partial charge in [-0.25, -0.2) is 4.98 Å². The lowest BCUT2D eigenvalue weighted by molar-refractivity contribution is 0.134. The normalized spacial score (nSPS) is 12.7. The van der Waals surface area contributed by atoms with Crippen LogP contribution in [0.5, 0.6) is 0 Å². The first-order chi connectivity index (χ1) is 11.8. The highest BCUT2D eigenvalue weighted by molar-refractivity contribution is 5.84. The molecule has 0 bridgehead atoms. The van der Waals surface area contributed by atoms with Crippen LogP contribution in [-0.4, -0.2) is 34.7 Å². The van der Waals surface area contributed by atoms with E-state index in [9.17, 15) is 5.11 Å². The van der Waals surface area contributed by atoms with Crippen LogP contribution in [0, 0.1) is 0 Å². The van der Waals surface area contributed by atoms with Gasteiger partial charge in [-0.15, -0.1) is 0 Å². The fourth-order valence-corrected chi connectivity index (χ4v) is 3.28. The highest BCUT2D eigenvalue weighted by Gasteiger charge is 2.20. The third-order valence-electron chi connectivity index (χ3n) is 4.61. The van der Waals surface area contributed by atoms with Gasteiger partial charge in [-0.3, -0.25) is 4.90 Å². The van der Waals surface area contributed by atoms with E-state index in [1.165, 1.54) is 0 Å². The van der Waals surface area contributed by atoms with E-state index in [2.05, 4.69) is 55.1 Å². The van der Waals surface area contributed by atoms with Crippen molar-refractivity contribution in [1.82, 2.24) is 9.88 Å². The van der Waals surface area contributed by atoms with Gasteiger partial charge in [-0.2, -0.15) is 0 Å². The molecule has 0 aliphatic heterocycles. The molecular formula is C21H24N2O. The van der Waals surface area contributed by atoms with Gasteiger partial charge in [0, 0.05) is 10.9 Å². The quantitative estimate of drug-likeness (QED) is 0.736. The van der Waals surface area contributed by atoms with Gasteiger partial charge in [-0.05, 0) is 24.7 Å². The minimum atomic E-state index is -0.0257. The molecule has 3 nitrogen and oxygen atoms in total. The molecule has 0 radical (unpaired) electrons. The van der Waals surface area contributed by atoms with E-state index in [1.54, 1.807) is 0 Å². The van der Waals surface area contributed by atoms with Crippen LogP contribution in [0.25, 0.3) is 22.2 Å². The molecule has 24 heavy (non-hydrogen) atoms. The van der Waals surface area contributed by atoms with Gasteiger partial charge in [0.25, 0.3) is 0 Å². The number of pyridine rings is 1. The second-order valence-electron chi connectivity index (χ2n) is 5.90. The van der Waals surface area contributed by atoms with Gasteiger partial charge in [0.1, 0.15) is 0 Å². The predicted molar refractivity (Wildman–Crippen MR) is 99.9 cm³/mol. The van der Waals surface area contributed by atoms with E-state index in [1.807, 2.05) is 24.3 Å². The summed E-state index contributed by atoms with van der Waals surface area (Å²) in [7, 11) is 0. The third kappa shape index (κ3) is 3.18. The summed E-state index contributed by atoms with van der Waals surface area (Å²) in [5, 5.41) is 11.1. The molecular weight excluding hydrogens is 296 g/mol. The van der Waals surface area contributed by atoms with Crippen molar-refractivity contribution in [2.75, 3.05) is 19.7 Å². The summed E-state index contributed by atoms with van der Waals surface area (Å²) in [6.07, 6.45) is 0. The molecule has 0 saturated carbocycles. The van der Waals surface area contributed by atoms with E-state index >= 15 is 0 Å². The SMILES string of the molecule is CCN(CC)C(CO)c1cccc2ccc(-c3ccccc3)nc12. The van der Waals surface area contributed by atoms with E-state index in [0.717, 1.165) is 40.8 Å². The fourth-order valence-electron chi connectivity index (χ4n) is 3.28. The highest BCUT2D eigenvalue weighted by atomic mass is 16.3. The molecule has 124 valence electrons. The van der Waals surface area contributed by atoms with E-state index in [0.29, 0.717) is 0 Å². The van der Waals surface area contributed by atoms with Crippen molar-refractivity contribution in [2.45, 2.75) is 19.9 Å². The van der Waals surface area contributed by atoms with Gasteiger partial charge in [0.05, 0.1) is 23.9 Å². The Morgan fingerprint density at radius 1 is 0.917 bits per heavy atom. The summed E-state index contributed by atoms with van der Waals surface area (Å²) in [5.41, 5.74) is 4.14. The molecule has 1 aromatic heterocycles. The first-order valence-electron chi connectivity index (χ1n) is 8.58. The number of aliphatic hydroxyl groups is 1. The number of hydrogen-bond acceptors (Lipinski definition) is 3. The predicted octanol–water partition coefficient (Wildman–Crippen LogP) is 4.28. The molecule has 1 N–H and O–H groups in total. The standard InChI is InChI=1S/C21H24N2O/c1-3-23(4-2)20(15-24)18-12-8-11-17-13-14-19(22-21(17)18)16-9-6-5-7-10-16/h5-14,20,24H,3-4,15H2,1-2H3. The number of nitrogens with zero attached hydrogens (tertiary/aromatic N) is 2. The van der Waals surface area contributed by atoms with Crippen molar-refractivity contribution in [2.24, 2.45) is 0 Å². The van der Waals surface area contributed by atoms with Crippen LogP contribution < -0.4 is 0 Å². The van der Waals surface area contributed by atoms with E-state index in [4.69, 9.17) is 4.98 Å². The van der Waals surface area contributed by atoms with Crippen molar-refractivity contribution in [3.8, 4) is 11.3 Å². The molecule has 0 fully saturated rings. The molecule has 0 aliphatic rings. The van der Waals surface area contributed by atoms with Gasteiger partial charge in [0.15, 0.2) is 0 Å². The summed E-state index contributed by atoms with van der Waals surface area (Å²) < 4.78 is 0. The van der Waals surface area contributed by atoms with Crippen LogP contribution in [-0.2, 0) is 0 Å². The highest BCUT2D eigenvalue weighted by Crippen LogP contribution is 2.29. The van der Waals surface area contributed by atoms with Gasteiger partial charge in [0.2, 0.25) is 0 Å². The number of fused-ring (bicyclic) bond motifs is 1. The number of rotatable bonds is 6. The van der Waals surface area contributed by atoms with Gasteiger partial charge < -0.3 is 5.11 Å². The van der Waals surface area contributed by atoms with Crippen molar-refractivity contribution in [3.63, 3.8) is 0 Å². The molecule has 1 atom stereocenters. The second kappa shape index (κ2) is 7.56. The Kier molecular flexibility index (Phi) is 5.24. The topological polar surface area (TPSA) is 36.4 Å². The van der Waals surface area contributed by atoms with Crippen molar-refractivity contribution in [3.05, 3.63) is 66.2 Å². The molecule has 1 unspecified atom stereocenters. The minimum absolute atomic E-state index is 0.0257.